The third-order valence-corrected chi connectivity index (χ3v) is 2.90. The number of nitrogens with zero attached hydrogens (tertiary/aromatic N) is 2. The van der Waals surface area contributed by atoms with Crippen molar-refractivity contribution in [2.45, 2.75) is 33.6 Å². The smallest absolute Gasteiger partial charge is 0.255 e. The van der Waals surface area contributed by atoms with E-state index in [1.807, 2.05) is 19.9 Å². The molecule has 1 rings (SSSR count). The van der Waals surface area contributed by atoms with Gasteiger partial charge in [-0.05, 0) is 26.3 Å². The molecule has 0 aliphatic carbocycles. The highest BCUT2D eigenvalue weighted by Crippen LogP contribution is 2.11. The SMILES string of the molecule is CCCCNc1cncc(C(=O)N(CC)CC)c1. The predicted octanol–water partition coefficient (Wildman–Crippen LogP) is 2.78. The molecule has 4 nitrogen and oxygen atoms in total. The quantitative estimate of drug-likeness (QED) is 0.756. The molecule has 1 aromatic heterocycles. The minimum atomic E-state index is 0.0478. The summed E-state index contributed by atoms with van der Waals surface area (Å²) in [5.74, 6) is 0.0478. The van der Waals surface area contributed by atoms with E-state index in [4.69, 9.17) is 0 Å². The molecule has 0 radical (unpaired) electrons. The Labute approximate surface area is 109 Å². The van der Waals surface area contributed by atoms with Crippen LogP contribution in [-0.4, -0.2) is 35.4 Å². The minimum Gasteiger partial charge on any atom is -0.384 e. The Morgan fingerprint density at radius 1 is 1.28 bits per heavy atom. The van der Waals surface area contributed by atoms with Crippen molar-refractivity contribution in [1.29, 1.82) is 0 Å². The Morgan fingerprint density at radius 2 is 2.00 bits per heavy atom. The average molecular weight is 249 g/mol. The maximum absolute atomic E-state index is 12.1. The number of hydrogen-bond donors (Lipinski definition) is 1. The summed E-state index contributed by atoms with van der Waals surface area (Å²) in [6.07, 6.45) is 5.66. The largest absolute Gasteiger partial charge is 0.384 e. The van der Waals surface area contributed by atoms with Crippen molar-refractivity contribution in [3.05, 3.63) is 24.0 Å². The standard InChI is InChI=1S/C14H23N3O/c1-4-7-8-16-13-9-12(10-15-11-13)14(18)17(5-2)6-3/h9-11,16H,4-8H2,1-3H3. The molecule has 0 aliphatic rings. The zero-order valence-electron chi connectivity index (χ0n) is 11.6. The predicted molar refractivity (Wildman–Crippen MR) is 74.9 cm³/mol. The van der Waals surface area contributed by atoms with Crippen molar-refractivity contribution in [1.82, 2.24) is 9.88 Å². The molecule has 0 spiro atoms. The molecular weight excluding hydrogens is 226 g/mol. The van der Waals surface area contributed by atoms with Crippen LogP contribution in [0.5, 0.6) is 0 Å². The highest BCUT2D eigenvalue weighted by atomic mass is 16.2. The molecular formula is C14H23N3O. The van der Waals surface area contributed by atoms with E-state index in [-0.39, 0.29) is 5.91 Å². The molecule has 0 aromatic carbocycles. The summed E-state index contributed by atoms with van der Waals surface area (Å²) in [7, 11) is 0. The van der Waals surface area contributed by atoms with Gasteiger partial charge in [-0.1, -0.05) is 13.3 Å². The number of aromatic nitrogens is 1. The second kappa shape index (κ2) is 7.69. The van der Waals surface area contributed by atoms with E-state index < -0.39 is 0 Å². The van der Waals surface area contributed by atoms with Crippen LogP contribution in [0.2, 0.25) is 0 Å². The van der Waals surface area contributed by atoms with Gasteiger partial charge in [0.1, 0.15) is 0 Å². The molecule has 1 aromatic rings. The van der Waals surface area contributed by atoms with Crippen LogP contribution >= 0.6 is 0 Å². The molecule has 0 aliphatic heterocycles. The molecule has 0 bridgehead atoms. The van der Waals surface area contributed by atoms with Crippen molar-refractivity contribution in [3.8, 4) is 0 Å². The number of nitrogens with one attached hydrogen (secondary N) is 1. The number of carbonyl (C=O) groups excluding carboxylic acids is 1. The fraction of sp³-hybridized carbons (Fsp3) is 0.571. The summed E-state index contributed by atoms with van der Waals surface area (Å²) in [6.45, 7) is 8.49. The number of carbonyl (C=O) groups is 1. The molecule has 100 valence electrons. The lowest BCUT2D eigenvalue weighted by Gasteiger charge is -2.18. The first-order valence-electron chi connectivity index (χ1n) is 6.71. The van der Waals surface area contributed by atoms with E-state index in [0.29, 0.717) is 5.56 Å². The fourth-order valence-corrected chi connectivity index (χ4v) is 1.76. The molecule has 0 saturated heterocycles. The van der Waals surface area contributed by atoms with E-state index >= 15 is 0 Å². The van der Waals surface area contributed by atoms with Crippen molar-refractivity contribution in [3.63, 3.8) is 0 Å². The molecule has 18 heavy (non-hydrogen) atoms. The number of pyridine rings is 1. The lowest BCUT2D eigenvalue weighted by atomic mass is 10.2. The van der Waals surface area contributed by atoms with Gasteiger partial charge in [0.05, 0.1) is 11.3 Å². The van der Waals surface area contributed by atoms with Gasteiger partial charge in [0.15, 0.2) is 0 Å². The normalized spacial score (nSPS) is 10.2. The Balaban J connectivity index is 2.71. The molecule has 1 heterocycles. The van der Waals surface area contributed by atoms with Gasteiger partial charge in [-0.15, -0.1) is 0 Å². The van der Waals surface area contributed by atoms with Crippen molar-refractivity contribution < 1.29 is 4.79 Å². The first-order valence-corrected chi connectivity index (χ1v) is 6.71. The molecule has 0 fully saturated rings. The van der Waals surface area contributed by atoms with Crippen LogP contribution in [-0.2, 0) is 0 Å². The van der Waals surface area contributed by atoms with Crippen molar-refractivity contribution >= 4 is 11.6 Å². The Bertz CT molecular complexity index is 375. The zero-order chi connectivity index (χ0) is 13.4. The van der Waals surface area contributed by atoms with E-state index in [9.17, 15) is 4.79 Å². The lowest BCUT2D eigenvalue weighted by molar-refractivity contribution is 0.0772. The summed E-state index contributed by atoms with van der Waals surface area (Å²) < 4.78 is 0. The van der Waals surface area contributed by atoms with E-state index in [0.717, 1.165) is 38.2 Å². The third kappa shape index (κ3) is 4.02. The van der Waals surface area contributed by atoms with E-state index in [1.54, 1.807) is 17.3 Å². The third-order valence-electron chi connectivity index (χ3n) is 2.90. The van der Waals surface area contributed by atoms with Crippen molar-refractivity contribution in [2.24, 2.45) is 0 Å². The number of unbranched alkanes of at least 4 members (excludes halogenated alkanes) is 1. The Hall–Kier alpha value is -1.58. The second-order valence-corrected chi connectivity index (χ2v) is 4.22. The second-order valence-electron chi connectivity index (χ2n) is 4.22. The highest BCUT2D eigenvalue weighted by molar-refractivity contribution is 5.94. The summed E-state index contributed by atoms with van der Waals surface area (Å²) in [4.78, 5) is 18.1. The molecule has 4 heteroatoms. The monoisotopic (exact) mass is 249 g/mol. The average Bonchev–Trinajstić information content (AvgIpc) is 2.41. The van der Waals surface area contributed by atoms with Crippen LogP contribution in [0.1, 0.15) is 44.0 Å². The summed E-state index contributed by atoms with van der Waals surface area (Å²) in [6, 6.07) is 1.88. The van der Waals surface area contributed by atoms with Gasteiger partial charge in [0, 0.05) is 32.0 Å². The van der Waals surface area contributed by atoms with Gasteiger partial charge >= 0.3 is 0 Å². The van der Waals surface area contributed by atoms with Crippen LogP contribution in [0.3, 0.4) is 0 Å². The van der Waals surface area contributed by atoms with Gasteiger partial charge in [-0.25, -0.2) is 0 Å². The summed E-state index contributed by atoms with van der Waals surface area (Å²) in [5.41, 5.74) is 1.57. The summed E-state index contributed by atoms with van der Waals surface area (Å²) >= 11 is 0. The fourth-order valence-electron chi connectivity index (χ4n) is 1.76. The molecule has 0 unspecified atom stereocenters. The Kier molecular flexibility index (Phi) is 6.19. The van der Waals surface area contributed by atoms with Gasteiger partial charge in [0.25, 0.3) is 5.91 Å². The highest BCUT2D eigenvalue weighted by Gasteiger charge is 2.12. The van der Waals surface area contributed by atoms with Crippen LogP contribution in [0, 0.1) is 0 Å². The molecule has 0 saturated carbocycles. The van der Waals surface area contributed by atoms with Crippen LogP contribution in [0.4, 0.5) is 5.69 Å². The zero-order valence-corrected chi connectivity index (χ0v) is 11.6. The Morgan fingerprint density at radius 3 is 2.61 bits per heavy atom. The van der Waals surface area contributed by atoms with E-state index in [1.165, 1.54) is 0 Å². The first kappa shape index (κ1) is 14.5. The van der Waals surface area contributed by atoms with Gasteiger partial charge in [0.2, 0.25) is 0 Å². The van der Waals surface area contributed by atoms with Gasteiger partial charge < -0.3 is 10.2 Å². The van der Waals surface area contributed by atoms with E-state index in [2.05, 4.69) is 17.2 Å². The topological polar surface area (TPSA) is 45.2 Å². The first-order chi connectivity index (χ1) is 8.72. The minimum absolute atomic E-state index is 0.0478. The number of amides is 1. The molecule has 1 N–H and O–H groups in total. The molecule has 1 amide bonds. The number of anilines is 1. The summed E-state index contributed by atoms with van der Waals surface area (Å²) in [5, 5.41) is 3.28. The lowest BCUT2D eigenvalue weighted by Crippen LogP contribution is -2.30. The number of rotatable bonds is 7. The number of hydrogen-bond acceptors (Lipinski definition) is 3. The maximum Gasteiger partial charge on any atom is 0.255 e. The van der Waals surface area contributed by atoms with Crippen LogP contribution < -0.4 is 5.32 Å². The van der Waals surface area contributed by atoms with Crippen LogP contribution in [0.15, 0.2) is 18.5 Å². The van der Waals surface area contributed by atoms with Gasteiger partial charge in [-0.2, -0.15) is 0 Å². The van der Waals surface area contributed by atoms with Crippen molar-refractivity contribution in [2.75, 3.05) is 25.0 Å². The maximum atomic E-state index is 12.1. The van der Waals surface area contributed by atoms with Gasteiger partial charge in [-0.3, -0.25) is 9.78 Å². The van der Waals surface area contributed by atoms with Crippen LogP contribution in [0.25, 0.3) is 0 Å². The molecule has 0 atom stereocenters.